The van der Waals surface area contributed by atoms with E-state index in [0.717, 1.165) is 57.8 Å². The maximum Gasteiger partial charge on any atom is 3.00 e. The number of carbonyl (C=O) groups is 3. The normalized spacial score (nSPS) is 12.5. The van der Waals surface area contributed by atoms with Crippen molar-refractivity contribution in [1.29, 1.82) is 0 Å². The van der Waals surface area contributed by atoms with Gasteiger partial charge in [-0.3, -0.25) is 0 Å². The predicted molar refractivity (Wildman–Crippen MR) is 143 cm³/mol. The topological polar surface area (TPSA) is 120 Å². The van der Waals surface area contributed by atoms with Crippen LogP contribution in [0.3, 0.4) is 0 Å². The summed E-state index contributed by atoms with van der Waals surface area (Å²) >= 11 is 0. The number of carboxylic acids is 3. The molecule has 0 aromatic carbocycles. The van der Waals surface area contributed by atoms with Gasteiger partial charge in [-0.05, 0) is 56.3 Å². The van der Waals surface area contributed by atoms with Crippen LogP contribution in [-0.4, -0.2) is 17.9 Å². The Hall–Kier alpha value is -0.239. The number of hydrogen-bond acceptors (Lipinski definition) is 6. The molecule has 0 heterocycles. The van der Waals surface area contributed by atoms with E-state index in [1.165, 1.54) is 38.5 Å². The molecule has 0 rings (SSSR count). The number of rotatable bonds is 21. The van der Waals surface area contributed by atoms with E-state index in [4.69, 9.17) is 0 Å². The molecule has 0 bridgehead atoms. The van der Waals surface area contributed by atoms with E-state index in [9.17, 15) is 29.7 Å². The third-order valence-electron chi connectivity index (χ3n) is 6.70. The third-order valence-corrected chi connectivity index (χ3v) is 6.70. The minimum atomic E-state index is -0.881. The second-order valence-corrected chi connectivity index (χ2v) is 9.82. The van der Waals surface area contributed by atoms with Crippen LogP contribution in [0.4, 0.5) is 0 Å². The minimum Gasteiger partial charge on any atom is -0.550 e. The van der Waals surface area contributed by atoms with Crippen LogP contribution in [0.2, 0.25) is 0 Å². The summed E-state index contributed by atoms with van der Waals surface area (Å²) in [6, 6.07) is 0. The molecule has 6 nitrogen and oxygen atoms in total. The van der Waals surface area contributed by atoms with Crippen LogP contribution in [0.1, 0.15) is 157 Å². The first-order valence-corrected chi connectivity index (χ1v) is 14.8. The Morgan fingerprint density at radius 3 is 0.784 bits per heavy atom. The van der Waals surface area contributed by atoms with Gasteiger partial charge in [0.2, 0.25) is 0 Å². The Labute approximate surface area is 261 Å². The van der Waals surface area contributed by atoms with E-state index in [1.807, 2.05) is 20.8 Å². The molecular weight excluding hydrogens is 601 g/mol. The van der Waals surface area contributed by atoms with Gasteiger partial charge in [0, 0.05) is 17.9 Å². The van der Waals surface area contributed by atoms with Crippen LogP contribution < -0.4 is 15.3 Å². The Kier molecular flexibility index (Phi) is 40.0. The molecule has 0 aromatic rings. The molecule has 0 fully saturated rings. The molecule has 0 N–H and O–H groups in total. The van der Waals surface area contributed by atoms with Crippen LogP contribution in [0.5, 0.6) is 0 Å². The van der Waals surface area contributed by atoms with Crippen molar-refractivity contribution in [3.63, 3.8) is 0 Å². The fourth-order valence-corrected chi connectivity index (χ4v) is 3.92. The number of carbonyl (C=O) groups excluding carboxylic acids is 3. The van der Waals surface area contributed by atoms with E-state index in [1.54, 1.807) is 0 Å². The second-order valence-electron chi connectivity index (χ2n) is 9.82. The molecule has 7 heteroatoms. The summed E-state index contributed by atoms with van der Waals surface area (Å²) in [7, 11) is 0. The van der Waals surface area contributed by atoms with Crippen molar-refractivity contribution in [3.05, 3.63) is 0 Å². The average Bonchev–Trinajstić information content (AvgIpc) is 2.84. The number of carboxylic acid groups (broad SMARTS) is 3. The Bertz CT molecular complexity index is 441. The molecule has 3 atom stereocenters. The molecule has 37 heavy (non-hydrogen) atoms. The molecule has 0 spiro atoms. The summed E-state index contributed by atoms with van der Waals surface area (Å²) in [4.78, 5) is 31.4. The molecule has 3 unspecified atom stereocenters. The second kappa shape index (κ2) is 33.8. The molecule has 0 aliphatic carbocycles. The summed E-state index contributed by atoms with van der Waals surface area (Å²) < 4.78 is 0. The number of unbranched alkanes of at least 4 members (excludes halogenated alkanes) is 9. The average molecular weight is 658 g/mol. The number of hydrogen-bond donors (Lipinski definition) is 0. The molecule has 0 aromatic heterocycles. The van der Waals surface area contributed by atoms with E-state index < -0.39 is 17.9 Å². The third kappa shape index (κ3) is 31.9. The SMILES string of the molecule is CCCCCCC(CC)C(=O)[O-].CCCCCCC(CC)C(=O)[O-].CCCCCCC(CC)C(=O)[O-].[Nd+3]. The van der Waals surface area contributed by atoms with Gasteiger partial charge in [-0.15, -0.1) is 0 Å². The largest absolute Gasteiger partial charge is 3.00 e. The molecule has 0 aliphatic heterocycles. The molecular formula is C30H57NdO6. The zero-order valence-electron chi connectivity index (χ0n) is 24.9. The van der Waals surface area contributed by atoms with E-state index in [2.05, 4.69) is 20.8 Å². The Morgan fingerprint density at radius 2 is 0.649 bits per heavy atom. The Morgan fingerprint density at radius 1 is 0.432 bits per heavy atom. The van der Waals surface area contributed by atoms with Crippen LogP contribution in [0.15, 0.2) is 0 Å². The quantitative estimate of drug-likeness (QED) is 0.157. The van der Waals surface area contributed by atoms with Crippen molar-refractivity contribution in [2.45, 2.75) is 157 Å². The standard InChI is InChI=1S/3C10H20O2.Nd/c3*1-3-5-6-7-8-9(4-2)10(11)12;/h3*9H,3-8H2,1-2H3,(H,11,12);/q;;;+3/p-3. The molecule has 0 aliphatic rings. The molecule has 0 saturated heterocycles. The van der Waals surface area contributed by atoms with Gasteiger partial charge in [-0.1, -0.05) is 119 Å². The zero-order valence-corrected chi connectivity index (χ0v) is 28.1. The monoisotopic (exact) mass is 655 g/mol. The predicted octanol–water partition coefficient (Wildman–Crippen LogP) is 5.20. The van der Waals surface area contributed by atoms with E-state index in [0.29, 0.717) is 19.3 Å². The van der Waals surface area contributed by atoms with Crippen molar-refractivity contribution in [3.8, 4) is 0 Å². The molecule has 217 valence electrons. The fraction of sp³-hybridized carbons (Fsp3) is 0.900. The van der Waals surface area contributed by atoms with Crippen LogP contribution in [0.25, 0.3) is 0 Å². The van der Waals surface area contributed by atoms with Crippen LogP contribution in [0, 0.1) is 58.6 Å². The minimum absolute atomic E-state index is 0. The molecule has 0 amide bonds. The van der Waals surface area contributed by atoms with Gasteiger partial charge in [0.1, 0.15) is 0 Å². The summed E-state index contributed by atoms with van der Waals surface area (Å²) in [6.07, 6.45) is 18.2. The summed E-state index contributed by atoms with van der Waals surface area (Å²) in [5.41, 5.74) is 0. The van der Waals surface area contributed by atoms with Gasteiger partial charge >= 0.3 is 40.8 Å². The van der Waals surface area contributed by atoms with Crippen LogP contribution >= 0.6 is 0 Å². The zero-order chi connectivity index (χ0) is 28.2. The first kappa shape index (κ1) is 43.8. The van der Waals surface area contributed by atoms with Crippen molar-refractivity contribution >= 4 is 17.9 Å². The smallest absolute Gasteiger partial charge is 0.550 e. The molecule has 1 radical (unpaired) electrons. The van der Waals surface area contributed by atoms with Gasteiger partial charge in [-0.2, -0.15) is 0 Å². The maximum atomic E-state index is 10.5. The van der Waals surface area contributed by atoms with E-state index >= 15 is 0 Å². The van der Waals surface area contributed by atoms with E-state index in [-0.39, 0.29) is 58.6 Å². The van der Waals surface area contributed by atoms with Gasteiger partial charge in [0.05, 0.1) is 0 Å². The van der Waals surface area contributed by atoms with Gasteiger partial charge in [0.25, 0.3) is 0 Å². The van der Waals surface area contributed by atoms with Crippen molar-refractivity contribution in [2.24, 2.45) is 17.8 Å². The molecule has 0 saturated carbocycles. The summed E-state index contributed by atoms with van der Waals surface area (Å²) in [6.45, 7) is 12.2. The van der Waals surface area contributed by atoms with Gasteiger partial charge < -0.3 is 29.7 Å². The van der Waals surface area contributed by atoms with Gasteiger partial charge in [-0.25, -0.2) is 0 Å². The number of aliphatic carboxylic acids is 3. The van der Waals surface area contributed by atoms with Crippen LogP contribution in [-0.2, 0) is 14.4 Å². The fourth-order valence-electron chi connectivity index (χ4n) is 3.92. The summed E-state index contributed by atoms with van der Waals surface area (Å²) in [5, 5.41) is 31.4. The Balaban J connectivity index is -0.000000218. The first-order chi connectivity index (χ1) is 17.2. The summed E-state index contributed by atoms with van der Waals surface area (Å²) in [5.74, 6) is -3.30. The van der Waals surface area contributed by atoms with Crippen molar-refractivity contribution < 1.29 is 70.5 Å². The first-order valence-electron chi connectivity index (χ1n) is 14.8. The van der Waals surface area contributed by atoms with Crippen molar-refractivity contribution in [1.82, 2.24) is 0 Å². The maximum absolute atomic E-state index is 10.5. The van der Waals surface area contributed by atoms with Gasteiger partial charge in [0.15, 0.2) is 0 Å². The van der Waals surface area contributed by atoms with Crippen molar-refractivity contribution in [2.75, 3.05) is 0 Å².